The van der Waals surface area contributed by atoms with Crippen LogP contribution in [0.3, 0.4) is 0 Å². The van der Waals surface area contributed by atoms with Gasteiger partial charge in [-0.15, -0.1) is 10.2 Å². The number of nitrogens with zero attached hydrogens (tertiary/aromatic N) is 2. The Hall–Kier alpha value is -1.64. The van der Waals surface area contributed by atoms with Gasteiger partial charge in [-0.05, 0) is 17.5 Å². The van der Waals surface area contributed by atoms with E-state index in [9.17, 15) is 4.79 Å². The first-order chi connectivity index (χ1) is 10.6. The van der Waals surface area contributed by atoms with Crippen molar-refractivity contribution < 1.29 is 4.79 Å². The lowest BCUT2D eigenvalue weighted by molar-refractivity contribution is -0.113. The van der Waals surface area contributed by atoms with Gasteiger partial charge in [-0.3, -0.25) is 4.79 Å². The number of carbonyl (C=O) groups excluding carboxylic acids is 1. The predicted molar refractivity (Wildman–Crippen MR) is 95.3 cm³/mol. The molecule has 5 nitrogen and oxygen atoms in total. The molecule has 0 spiro atoms. The van der Waals surface area contributed by atoms with Crippen LogP contribution in [0.25, 0.3) is 10.8 Å². The molecule has 0 aliphatic rings. The lowest BCUT2D eigenvalue weighted by Gasteiger charge is -2.09. The Kier molecular flexibility index (Phi) is 4.60. The van der Waals surface area contributed by atoms with Crippen LogP contribution in [0.1, 0.15) is 0 Å². The van der Waals surface area contributed by atoms with E-state index in [2.05, 4.69) is 31.4 Å². The monoisotopic (exact) mass is 394 g/mol. The van der Waals surface area contributed by atoms with Gasteiger partial charge >= 0.3 is 0 Å². The van der Waals surface area contributed by atoms with Crippen LogP contribution in [0.5, 0.6) is 0 Å². The van der Waals surface area contributed by atoms with Gasteiger partial charge in [0, 0.05) is 15.5 Å². The van der Waals surface area contributed by atoms with Gasteiger partial charge in [-0.2, -0.15) is 0 Å². The summed E-state index contributed by atoms with van der Waals surface area (Å²) in [5, 5.41) is 13.0. The number of aromatic nitrogens is 2. The topological polar surface area (TPSA) is 80.9 Å². The Bertz CT molecular complexity index is 837. The molecule has 8 heteroatoms. The van der Waals surface area contributed by atoms with E-state index in [1.165, 1.54) is 23.1 Å². The maximum atomic E-state index is 12.1. The van der Waals surface area contributed by atoms with Gasteiger partial charge in [0.25, 0.3) is 0 Å². The number of anilines is 2. The third-order valence-corrected chi connectivity index (χ3v) is 5.47. The molecule has 3 aromatic rings. The predicted octanol–water partition coefficient (Wildman–Crippen LogP) is 3.77. The number of benzene rings is 2. The van der Waals surface area contributed by atoms with Crippen molar-refractivity contribution in [3.05, 3.63) is 40.9 Å². The molecule has 2 aromatic carbocycles. The van der Waals surface area contributed by atoms with Gasteiger partial charge < -0.3 is 11.1 Å². The average Bonchev–Trinajstić information content (AvgIpc) is 2.94. The van der Waals surface area contributed by atoms with Gasteiger partial charge in [0.05, 0.1) is 5.75 Å². The van der Waals surface area contributed by atoms with Crippen molar-refractivity contribution in [2.24, 2.45) is 0 Å². The third-order valence-electron chi connectivity index (χ3n) is 2.89. The number of fused-ring (bicyclic) bond motifs is 1. The van der Waals surface area contributed by atoms with Crippen molar-refractivity contribution in [3.8, 4) is 0 Å². The zero-order valence-corrected chi connectivity index (χ0v) is 14.5. The SMILES string of the molecule is Nc1nnc(SCC(=O)Nc2ccc(Br)c3ccccc23)s1. The molecule has 3 rings (SSSR count). The second-order valence-electron chi connectivity index (χ2n) is 4.38. The fraction of sp³-hybridized carbons (Fsp3) is 0.0714. The van der Waals surface area contributed by atoms with Crippen molar-refractivity contribution in [1.29, 1.82) is 0 Å². The Morgan fingerprint density at radius 1 is 1.23 bits per heavy atom. The minimum atomic E-state index is -0.0914. The summed E-state index contributed by atoms with van der Waals surface area (Å²) in [6.07, 6.45) is 0. The molecule has 0 unspecified atom stereocenters. The van der Waals surface area contributed by atoms with E-state index in [0.29, 0.717) is 9.47 Å². The number of rotatable bonds is 4. The molecular formula is C14H11BrN4OS2. The van der Waals surface area contributed by atoms with Gasteiger partial charge in [0.2, 0.25) is 11.0 Å². The van der Waals surface area contributed by atoms with Crippen molar-refractivity contribution in [2.45, 2.75) is 4.34 Å². The fourth-order valence-electron chi connectivity index (χ4n) is 1.96. The number of nitrogen functional groups attached to an aromatic ring is 1. The number of carbonyl (C=O) groups is 1. The van der Waals surface area contributed by atoms with Gasteiger partial charge in [0.1, 0.15) is 0 Å². The van der Waals surface area contributed by atoms with E-state index in [0.717, 1.165) is 20.9 Å². The van der Waals surface area contributed by atoms with E-state index in [1.807, 2.05) is 36.4 Å². The molecule has 0 atom stereocenters. The summed E-state index contributed by atoms with van der Waals surface area (Å²) in [4.78, 5) is 12.1. The molecule has 0 aliphatic carbocycles. The maximum absolute atomic E-state index is 12.1. The normalized spacial score (nSPS) is 10.8. The minimum Gasteiger partial charge on any atom is -0.374 e. The van der Waals surface area contributed by atoms with Crippen LogP contribution >= 0.6 is 39.0 Å². The van der Waals surface area contributed by atoms with E-state index >= 15 is 0 Å². The van der Waals surface area contributed by atoms with E-state index in [-0.39, 0.29) is 11.7 Å². The molecule has 0 bridgehead atoms. The molecule has 0 saturated carbocycles. The maximum Gasteiger partial charge on any atom is 0.234 e. The number of amides is 1. The van der Waals surface area contributed by atoms with Crippen molar-refractivity contribution in [1.82, 2.24) is 10.2 Å². The number of nitrogens with one attached hydrogen (secondary N) is 1. The lowest BCUT2D eigenvalue weighted by atomic mass is 10.1. The first kappa shape index (κ1) is 15.3. The molecule has 112 valence electrons. The summed E-state index contributed by atoms with van der Waals surface area (Å²) in [6.45, 7) is 0. The van der Waals surface area contributed by atoms with Gasteiger partial charge in [-0.1, -0.05) is 63.3 Å². The number of hydrogen-bond acceptors (Lipinski definition) is 6. The second kappa shape index (κ2) is 6.64. The number of thioether (sulfide) groups is 1. The number of halogens is 1. The minimum absolute atomic E-state index is 0.0914. The largest absolute Gasteiger partial charge is 0.374 e. The third kappa shape index (κ3) is 3.40. The molecule has 0 fully saturated rings. The fourth-order valence-corrected chi connectivity index (χ4v) is 3.88. The molecule has 0 radical (unpaired) electrons. The van der Waals surface area contributed by atoms with Crippen LogP contribution < -0.4 is 11.1 Å². The van der Waals surface area contributed by atoms with Gasteiger partial charge in [-0.25, -0.2) is 0 Å². The summed E-state index contributed by atoms with van der Waals surface area (Å²) >= 11 is 6.11. The highest BCUT2D eigenvalue weighted by Crippen LogP contribution is 2.30. The van der Waals surface area contributed by atoms with E-state index in [1.54, 1.807) is 0 Å². The standard InChI is InChI=1S/C14H11BrN4OS2/c15-10-5-6-11(9-4-2-1-3-8(9)10)17-12(20)7-21-14-19-18-13(16)22-14/h1-6H,7H2,(H2,16,18)(H,17,20). The summed E-state index contributed by atoms with van der Waals surface area (Å²) in [6, 6.07) is 11.7. The number of nitrogens with two attached hydrogens (primary N) is 1. The summed E-state index contributed by atoms with van der Waals surface area (Å²) < 4.78 is 1.69. The molecule has 1 heterocycles. The molecule has 22 heavy (non-hydrogen) atoms. The Labute approximate surface area is 143 Å². The molecule has 1 amide bonds. The van der Waals surface area contributed by atoms with Crippen LogP contribution in [-0.2, 0) is 4.79 Å². The van der Waals surface area contributed by atoms with Crippen LogP contribution in [-0.4, -0.2) is 21.9 Å². The Morgan fingerprint density at radius 3 is 2.73 bits per heavy atom. The van der Waals surface area contributed by atoms with Crippen LogP contribution in [0.2, 0.25) is 0 Å². The molecule has 0 saturated heterocycles. The van der Waals surface area contributed by atoms with E-state index in [4.69, 9.17) is 5.73 Å². The van der Waals surface area contributed by atoms with Crippen LogP contribution in [0.15, 0.2) is 45.2 Å². The Balaban J connectivity index is 1.73. The zero-order chi connectivity index (χ0) is 15.5. The van der Waals surface area contributed by atoms with E-state index < -0.39 is 0 Å². The second-order valence-corrected chi connectivity index (χ2v) is 7.47. The Morgan fingerprint density at radius 2 is 2.00 bits per heavy atom. The number of hydrogen-bond donors (Lipinski definition) is 2. The zero-order valence-electron chi connectivity index (χ0n) is 11.2. The van der Waals surface area contributed by atoms with Crippen molar-refractivity contribution in [2.75, 3.05) is 16.8 Å². The highest BCUT2D eigenvalue weighted by molar-refractivity contribution is 9.10. The molecular weight excluding hydrogens is 384 g/mol. The lowest BCUT2D eigenvalue weighted by Crippen LogP contribution is -2.14. The molecule has 0 aliphatic heterocycles. The van der Waals surface area contributed by atoms with Crippen molar-refractivity contribution >= 4 is 66.5 Å². The highest BCUT2D eigenvalue weighted by atomic mass is 79.9. The molecule has 3 N–H and O–H groups in total. The summed E-state index contributed by atoms with van der Waals surface area (Å²) in [7, 11) is 0. The first-order valence-electron chi connectivity index (χ1n) is 6.32. The smallest absolute Gasteiger partial charge is 0.234 e. The first-order valence-corrected chi connectivity index (χ1v) is 8.92. The van der Waals surface area contributed by atoms with Crippen LogP contribution in [0.4, 0.5) is 10.8 Å². The van der Waals surface area contributed by atoms with Gasteiger partial charge in [0.15, 0.2) is 4.34 Å². The highest BCUT2D eigenvalue weighted by Gasteiger charge is 2.10. The summed E-state index contributed by atoms with van der Waals surface area (Å²) in [5.41, 5.74) is 6.30. The van der Waals surface area contributed by atoms with Crippen LogP contribution in [0, 0.1) is 0 Å². The quantitative estimate of drug-likeness (QED) is 0.658. The molecule has 1 aromatic heterocycles. The summed E-state index contributed by atoms with van der Waals surface area (Å²) in [5.74, 6) is 0.171. The average molecular weight is 395 g/mol. The van der Waals surface area contributed by atoms with Crippen molar-refractivity contribution in [3.63, 3.8) is 0 Å².